The first-order valence-electron chi connectivity index (χ1n) is 11.4. The zero-order valence-electron chi connectivity index (χ0n) is 17.4. The van der Waals surface area contributed by atoms with Crippen LogP contribution in [0, 0.1) is 0 Å². The molecule has 0 heterocycles. The lowest BCUT2D eigenvalue weighted by Crippen LogP contribution is -2.35. The van der Waals surface area contributed by atoms with Crippen LogP contribution >= 0.6 is 0 Å². The summed E-state index contributed by atoms with van der Waals surface area (Å²) in [5, 5.41) is 29.7. The van der Waals surface area contributed by atoms with Gasteiger partial charge in [0.1, 0.15) is 6.23 Å². The summed E-state index contributed by atoms with van der Waals surface area (Å²) in [6.45, 7) is 2.30. The van der Waals surface area contributed by atoms with Gasteiger partial charge in [-0.1, -0.05) is 110 Å². The van der Waals surface area contributed by atoms with Crippen molar-refractivity contribution in [2.24, 2.45) is 0 Å². The Balaban J connectivity index is 3.07. The SMILES string of the molecule is CCCCCCCCCCCCCCCCCCCC(O)NCC(O)O. The fraction of sp³-hybridized carbons (Fsp3) is 1.00. The minimum absolute atomic E-state index is 0.0279. The van der Waals surface area contributed by atoms with Gasteiger partial charge in [-0.25, -0.2) is 0 Å². The maximum Gasteiger partial charge on any atom is 0.164 e. The summed E-state index contributed by atoms with van der Waals surface area (Å²) < 4.78 is 0. The zero-order chi connectivity index (χ0) is 19.3. The van der Waals surface area contributed by atoms with Crippen LogP contribution in [0.3, 0.4) is 0 Å². The molecule has 0 aromatic carbocycles. The maximum atomic E-state index is 9.59. The molecule has 0 spiro atoms. The number of aliphatic hydroxyl groups is 3. The van der Waals surface area contributed by atoms with E-state index in [9.17, 15) is 5.11 Å². The summed E-state index contributed by atoms with van der Waals surface area (Å²) in [5.41, 5.74) is 0. The Kier molecular flexibility index (Phi) is 21.0. The van der Waals surface area contributed by atoms with Crippen molar-refractivity contribution in [1.29, 1.82) is 0 Å². The Morgan fingerprint density at radius 1 is 0.538 bits per heavy atom. The summed E-state index contributed by atoms with van der Waals surface area (Å²) in [6.07, 6.45) is 21.7. The first kappa shape index (κ1) is 25.8. The Morgan fingerprint density at radius 3 is 1.23 bits per heavy atom. The third kappa shape index (κ3) is 21.9. The molecule has 0 aliphatic heterocycles. The number of rotatable bonds is 21. The highest BCUT2D eigenvalue weighted by Crippen LogP contribution is 2.14. The van der Waals surface area contributed by atoms with E-state index < -0.39 is 12.5 Å². The van der Waals surface area contributed by atoms with Gasteiger partial charge in [-0.15, -0.1) is 0 Å². The summed E-state index contributed by atoms with van der Waals surface area (Å²) in [5.74, 6) is 0. The fourth-order valence-electron chi connectivity index (χ4n) is 3.41. The van der Waals surface area contributed by atoms with E-state index in [0.717, 1.165) is 12.8 Å². The van der Waals surface area contributed by atoms with E-state index in [1.807, 2.05) is 0 Å². The Labute approximate surface area is 162 Å². The van der Waals surface area contributed by atoms with Crippen LogP contribution in [0.5, 0.6) is 0 Å². The topological polar surface area (TPSA) is 72.7 Å². The Morgan fingerprint density at radius 2 is 0.885 bits per heavy atom. The summed E-state index contributed by atoms with van der Waals surface area (Å²) in [7, 11) is 0. The number of hydrogen-bond donors (Lipinski definition) is 4. The van der Waals surface area contributed by atoms with E-state index in [0.29, 0.717) is 6.42 Å². The van der Waals surface area contributed by atoms with Gasteiger partial charge in [0.25, 0.3) is 0 Å². The molecule has 1 unspecified atom stereocenters. The third-order valence-corrected chi connectivity index (χ3v) is 5.12. The van der Waals surface area contributed by atoms with Gasteiger partial charge in [0, 0.05) is 6.54 Å². The van der Waals surface area contributed by atoms with Crippen LogP contribution in [0.1, 0.15) is 122 Å². The van der Waals surface area contributed by atoms with Gasteiger partial charge >= 0.3 is 0 Å². The Hall–Kier alpha value is -0.160. The van der Waals surface area contributed by atoms with E-state index >= 15 is 0 Å². The molecule has 0 rings (SSSR count). The molecule has 0 fully saturated rings. The van der Waals surface area contributed by atoms with Crippen molar-refractivity contribution in [3.05, 3.63) is 0 Å². The van der Waals surface area contributed by atoms with Crippen molar-refractivity contribution in [3.63, 3.8) is 0 Å². The van der Waals surface area contributed by atoms with Gasteiger partial charge in [0.15, 0.2) is 6.29 Å². The molecule has 0 bridgehead atoms. The summed E-state index contributed by atoms with van der Waals surface area (Å²) >= 11 is 0. The predicted molar refractivity (Wildman–Crippen MR) is 111 cm³/mol. The molecule has 4 N–H and O–H groups in total. The molecule has 26 heavy (non-hydrogen) atoms. The predicted octanol–water partition coefficient (Wildman–Crippen LogP) is 5.25. The number of nitrogens with one attached hydrogen (secondary N) is 1. The van der Waals surface area contributed by atoms with Crippen LogP contribution in [0.4, 0.5) is 0 Å². The molecule has 158 valence electrons. The minimum Gasteiger partial charge on any atom is -0.379 e. The molecular formula is C22H47NO3. The lowest BCUT2D eigenvalue weighted by atomic mass is 10.0. The van der Waals surface area contributed by atoms with Crippen LogP contribution in [-0.4, -0.2) is 34.4 Å². The fourth-order valence-corrected chi connectivity index (χ4v) is 3.41. The van der Waals surface area contributed by atoms with Gasteiger partial charge < -0.3 is 15.3 Å². The normalized spacial score (nSPS) is 12.8. The summed E-state index contributed by atoms with van der Waals surface area (Å²) in [6, 6.07) is 0. The van der Waals surface area contributed by atoms with Crippen LogP contribution < -0.4 is 5.32 Å². The van der Waals surface area contributed by atoms with E-state index in [1.165, 1.54) is 96.3 Å². The van der Waals surface area contributed by atoms with Crippen molar-refractivity contribution >= 4 is 0 Å². The van der Waals surface area contributed by atoms with Crippen molar-refractivity contribution < 1.29 is 15.3 Å². The lowest BCUT2D eigenvalue weighted by Gasteiger charge is -2.13. The van der Waals surface area contributed by atoms with Gasteiger partial charge in [-0.05, 0) is 12.8 Å². The van der Waals surface area contributed by atoms with Crippen LogP contribution in [0.2, 0.25) is 0 Å². The number of unbranched alkanes of at least 4 members (excludes halogenated alkanes) is 16. The monoisotopic (exact) mass is 373 g/mol. The molecule has 0 saturated carbocycles. The maximum absolute atomic E-state index is 9.59. The second-order valence-electron chi connectivity index (χ2n) is 7.85. The van der Waals surface area contributed by atoms with Crippen molar-refractivity contribution in [2.75, 3.05) is 6.54 Å². The molecule has 0 saturated heterocycles. The molecular weight excluding hydrogens is 326 g/mol. The van der Waals surface area contributed by atoms with E-state index in [1.54, 1.807) is 0 Å². The van der Waals surface area contributed by atoms with Gasteiger partial charge in [-0.2, -0.15) is 0 Å². The molecule has 1 atom stereocenters. The molecule has 0 aromatic rings. The van der Waals surface area contributed by atoms with Crippen LogP contribution in [0.15, 0.2) is 0 Å². The van der Waals surface area contributed by atoms with Crippen LogP contribution in [-0.2, 0) is 0 Å². The third-order valence-electron chi connectivity index (χ3n) is 5.12. The Bertz CT molecular complexity index is 262. The molecule has 0 radical (unpaired) electrons. The molecule has 4 nitrogen and oxygen atoms in total. The van der Waals surface area contributed by atoms with Crippen LogP contribution in [0.25, 0.3) is 0 Å². The molecule has 4 heteroatoms. The van der Waals surface area contributed by atoms with Crippen molar-refractivity contribution in [3.8, 4) is 0 Å². The van der Waals surface area contributed by atoms with Gasteiger partial charge in [0.05, 0.1) is 0 Å². The first-order valence-corrected chi connectivity index (χ1v) is 11.4. The van der Waals surface area contributed by atoms with E-state index in [4.69, 9.17) is 10.2 Å². The second kappa shape index (κ2) is 21.1. The summed E-state index contributed by atoms with van der Waals surface area (Å²) in [4.78, 5) is 0. The molecule has 0 amide bonds. The van der Waals surface area contributed by atoms with E-state index in [-0.39, 0.29) is 6.54 Å². The second-order valence-corrected chi connectivity index (χ2v) is 7.85. The smallest absolute Gasteiger partial charge is 0.164 e. The highest BCUT2D eigenvalue weighted by atomic mass is 16.5. The largest absolute Gasteiger partial charge is 0.379 e. The highest BCUT2D eigenvalue weighted by Gasteiger charge is 2.04. The quantitative estimate of drug-likeness (QED) is 0.164. The molecule has 0 aliphatic carbocycles. The lowest BCUT2D eigenvalue weighted by molar-refractivity contribution is -0.0472. The average Bonchev–Trinajstić information content (AvgIpc) is 2.62. The molecule has 0 aromatic heterocycles. The minimum atomic E-state index is -1.39. The van der Waals surface area contributed by atoms with Gasteiger partial charge in [-0.3, -0.25) is 5.32 Å². The standard InChI is InChI=1S/C22H47NO3/c1-2-3-4-5-6-7-8-9-10-11-12-13-14-15-16-17-18-19-21(24)23-20-22(25)26/h21-26H,2-20H2,1H3. The van der Waals surface area contributed by atoms with Crippen molar-refractivity contribution in [2.45, 2.75) is 135 Å². The van der Waals surface area contributed by atoms with Crippen molar-refractivity contribution in [1.82, 2.24) is 5.32 Å². The van der Waals surface area contributed by atoms with E-state index in [2.05, 4.69) is 12.2 Å². The van der Waals surface area contributed by atoms with Gasteiger partial charge in [0.2, 0.25) is 0 Å². The first-order chi connectivity index (χ1) is 12.7. The highest BCUT2D eigenvalue weighted by molar-refractivity contribution is 4.56. The molecule has 0 aliphatic rings. The number of hydrogen-bond acceptors (Lipinski definition) is 4. The zero-order valence-corrected chi connectivity index (χ0v) is 17.4. The average molecular weight is 374 g/mol. The number of aliphatic hydroxyl groups excluding tert-OH is 2.